The standard InChI is InChI=1S/C35H44FN3O2/c1-35(2,3)29-12-9-27(10-13-29)25-39-21-17-31(18-22-39)41-33-14-11-28(23-32(33)36)34(40)37-30-15-19-38(20-16-30)24-26-7-5-4-6-8-26/h4-14,23,30-31H,15-22,24-25H2,1-3H3,(H,37,40). The number of nitrogens with zero attached hydrogens (tertiary/aromatic N) is 2. The first-order valence-corrected chi connectivity index (χ1v) is 15.1. The molecule has 0 bridgehead atoms. The van der Waals surface area contributed by atoms with E-state index in [0.29, 0.717) is 5.56 Å². The van der Waals surface area contributed by atoms with Crippen LogP contribution in [0.4, 0.5) is 4.39 Å². The zero-order chi connectivity index (χ0) is 28.8. The van der Waals surface area contributed by atoms with Crippen molar-refractivity contribution in [2.75, 3.05) is 26.2 Å². The topological polar surface area (TPSA) is 44.8 Å². The number of likely N-dealkylation sites (tertiary alicyclic amines) is 2. The Balaban J connectivity index is 1.05. The Morgan fingerprint density at radius 1 is 0.829 bits per heavy atom. The van der Waals surface area contributed by atoms with E-state index >= 15 is 0 Å². The molecule has 0 aliphatic carbocycles. The van der Waals surface area contributed by atoms with E-state index < -0.39 is 5.82 Å². The van der Waals surface area contributed by atoms with Crippen LogP contribution in [0, 0.1) is 5.82 Å². The van der Waals surface area contributed by atoms with Crippen molar-refractivity contribution in [3.63, 3.8) is 0 Å². The number of carbonyl (C=O) groups is 1. The molecule has 41 heavy (non-hydrogen) atoms. The van der Waals surface area contributed by atoms with Gasteiger partial charge in [0.2, 0.25) is 0 Å². The Labute approximate surface area is 244 Å². The summed E-state index contributed by atoms with van der Waals surface area (Å²) in [5.41, 5.74) is 4.47. The average molecular weight is 558 g/mol. The first-order valence-electron chi connectivity index (χ1n) is 15.1. The van der Waals surface area contributed by atoms with E-state index in [1.165, 1.54) is 22.8 Å². The van der Waals surface area contributed by atoms with Crippen molar-refractivity contribution in [3.8, 4) is 5.75 Å². The average Bonchev–Trinajstić information content (AvgIpc) is 2.96. The first-order chi connectivity index (χ1) is 19.7. The molecule has 1 N–H and O–H groups in total. The molecular weight excluding hydrogens is 513 g/mol. The van der Waals surface area contributed by atoms with Crippen molar-refractivity contribution < 1.29 is 13.9 Å². The van der Waals surface area contributed by atoms with Crippen molar-refractivity contribution in [3.05, 3.63) is 101 Å². The summed E-state index contributed by atoms with van der Waals surface area (Å²) in [4.78, 5) is 17.7. The van der Waals surface area contributed by atoms with Gasteiger partial charge in [-0.2, -0.15) is 0 Å². The van der Waals surface area contributed by atoms with Gasteiger partial charge in [-0.1, -0.05) is 75.4 Å². The molecule has 3 aromatic carbocycles. The molecule has 1 amide bonds. The second-order valence-electron chi connectivity index (χ2n) is 12.7. The number of nitrogens with one attached hydrogen (secondary N) is 1. The molecule has 5 nitrogen and oxygen atoms in total. The molecule has 2 fully saturated rings. The fraction of sp³-hybridized carbons (Fsp3) is 0.457. The van der Waals surface area contributed by atoms with E-state index in [9.17, 15) is 9.18 Å². The molecule has 2 heterocycles. The fourth-order valence-corrected chi connectivity index (χ4v) is 5.82. The molecule has 2 saturated heterocycles. The summed E-state index contributed by atoms with van der Waals surface area (Å²) in [6.07, 6.45) is 3.46. The lowest BCUT2D eigenvalue weighted by Crippen LogP contribution is -2.44. The molecule has 0 radical (unpaired) electrons. The number of hydrogen-bond acceptors (Lipinski definition) is 4. The van der Waals surface area contributed by atoms with Crippen LogP contribution in [-0.2, 0) is 18.5 Å². The predicted molar refractivity (Wildman–Crippen MR) is 163 cm³/mol. The second kappa shape index (κ2) is 13.2. The maximum absolute atomic E-state index is 15.0. The Bertz CT molecular complexity index is 1270. The van der Waals surface area contributed by atoms with Gasteiger partial charge in [0.1, 0.15) is 6.10 Å². The van der Waals surface area contributed by atoms with Crippen LogP contribution < -0.4 is 10.1 Å². The molecule has 0 atom stereocenters. The Morgan fingerprint density at radius 2 is 1.41 bits per heavy atom. The SMILES string of the molecule is CC(C)(C)c1ccc(CN2CCC(Oc3ccc(C(=O)NC4CCN(Cc5ccccc5)CC4)cc3F)CC2)cc1. The minimum absolute atomic E-state index is 0.0234. The van der Waals surface area contributed by atoms with Gasteiger partial charge in [0.15, 0.2) is 11.6 Å². The van der Waals surface area contributed by atoms with Gasteiger partial charge in [0.05, 0.1) is 0 Å². The largest absolute Gasteiger partial charge is 0.487 e. The van der Waals surface area contributed by atoms with Crippen LogP contribution in [0.1, 0.15) is 73.5 Å². The Morgan fingerprint density at radius 3 is 2.00 bits per heavy atom. The maximum Gasteiger partial charge on any atom is 0.251 e. The summed E-state index contributed by atoms with van der Waals surface area (Å²) < 4.78 is 21.0. The summed E-state index contributed by atoms with van der Waals surface area (Å²) in [7, 11) is 0. The smallest absolute Gasteiger partial charge is 0.251 e. The number of rotatable bonds is 8. The highest BCUT2D eigenvalue weighted by atomic mass is 19.1. The van der Waals surface area contributed by atoms with Gasteiger partial charge in [-0.05, 0) is 66.0 Å². The number of halogens is 1. The van der Waals surface area contributed by atoms with Gasteiger partial charge in [0, 0.05) is 50.9 Å². The third-order valence-corrected chi connectivity index (χ3v) is 8.42. The summed E-state index contributed by atoms with van der Waals surface area (Å²) >= 11 is 0. The van der Waals surface area contributed by atoms with Gasteiger partial charge in [-0.15, -0.1) is 0 Å². The fourth-order valence-electron chi connectivity index (χ4n) is 5.82. The first kappa shape index (κ1) is 29.3. The zero-order valence-electron chi connectivity index (χ0n) is 24.7. The second-order valence-corrected chi connectivity index (χ2v) is 12.7. The van der Waals surface area contributed by atoms with Crippen LogP contribution in [-0.4, -0.2) is 54.0 Å². The van der Waals surface area contributed by atoms with Crippen LogP contribution in [0.5, 0.6) is 5.75 Å². The van der Waals surface area contributed by atoms with Gasteiger partial charge in [-0.3, -0.25) is 14.6 Å². The molecule has 0 unspecified atom stereocenters. The lowest BCUT2D eigenvalue weighted by Gasteiger charge is -2.32. The third kappa shape index (κ3) is 8.17. The van der Waals surface area contributed by atoms with E-state index in [1.54, 1.807) is 12.1 Å². The highest BCUT2D eigenvalue weighted by Crippen LogP contribution is 2.26. The minimum Gasteiger partial charge on any atom is -0.487 e. The Kier molecular flexibility index (Phi) is 9.41. The summed E-state index contributed by atoms with van der Waals surface area (Å²) in [5, 5.41) is 3.10. The molecule has 0 saturated carbocycles. The Hall–Kier alpha value is -3.22. The summed E-state index contributed by atoms with van der Waals surface area (Å²) in [5.74, 6) is -0.468. The van der Waals surface area contributed by atoms with E-state index in [1.807, 2.05) is 6.07 Å². The normalized spacial score (nSPS) is 17.9. The van der Waals surface area contributed by atoms with Crippen LogP contribution >= 0.6 is 0 Å². The maximum atomic E-state index is 15.0. The van der Waals surface area contributed by atoms with Gasteiger partial charge >= 0.3 is 0 Å². The van der Waals surface area contributed by atoms with Crippen molar-refractivity contribution in [1.29, 1.82) is 0 Å². The quantitative estimate of drug-likeness (QED) is 0.341. The monoisotopic (exact) mass is 557 g/mol. The van der Waals surface area contributed by atoms with Crippen molar-refractivity contribution in [1.82, 2.24) is 15.1 Å². The number of ether oxygens (including phenoxy) is 1. The van der Waals surface area contributed by atoms with Crippen LogP contribution in [0.2, 0.25) is 0 Å². The number of piperidine rings is 2. The molecule has 5 rings (SSSR count). The van der Waals surface area contributed by atoms with E-state index in [2.05, 4.69) is 84.4 Å². The van der Waals surface area contributed by atoms with E-state index in [4.69, 9.17) is 4.74 Å². The lowest BCUT2D eigenvalue weighted by molar-refractivity contribution is 0.0904. The van der Waals surface area contributed by atoms with Gasteiger partial charge < -0.3 is 10.1 Å². The van der Waals surface area contributed by atoms with Crippen molar-refractivity contribution >= 4 is 5.91 Å². The van der Waals surface area contributed by atoms with Crippen LogP contribution in [0.15, 0.2) is 72.8 Å². The molecule has 6 heteroatoms. The lowest BCUT2D eigenvalue weighted by atomic mass is 9.86. The zero-order valence-corrected chi connectivity index (χ0v) is 24.7. The van der Waals surface area contributed by atoms with Gasteiger partial charge in [0.25, 0.3) is 5.91 Å². The molecule has 0 aromatic heterocycles. The highest BCUT2D eigenvalue weighted by molar-refractivity contribution is 5.94. The predicted octanol–water partition coefficient (Wildman–Crippen LogP) is 6.56. The van der Waals surface area contributed by atoms with Crippen LogP contribution in [0.25, 0.3) is 0 Å². The third-order valence-electron chi connectivity index (χ3n) is 8.42. The van der Waals surface area contributed by atoms with E-state index in [0.717, 1.165) is 65.0 Å². The minimum atomic E-state index is -0.475. The van der Waals surface area contributed by atoms with Gasteiger partial charge in [-0.25, -0.2) is 4.39 Å². The van der Waals surface area contributed by atoms with Crippen LogP contribution in [0.3, 0.4) is 0 Å². The molecule has 218 valence electrons. The molecule has 2 aliphatic heterocycles. The van der Waals surface area contributed by atoms with Crippen molar-refractivity contribution in [2.45, 2.75) is 77.1 Å². The summed E-state index contributed by atoms with van der Waals surface area (Å²) in [6.45, 7) is 12.2. The highest BCUT2D eigenvalue weighted by Gasteiger charge is 2.24. The number of amides is 1. The molecule has 0 spiro atoms. The number of benzene rings is 3. The molecule has 2 aliphatic rings. The summed E-state index contributed by atoms with van der Waals surface area (Å²) in [6, 6.07) is 24.1. The van der Waals surface area contributed by atoms with E-state index in [-0.39, 0.29) is 29.2 Å². The molecule has 3 aromatic rings. The van der Waals surface area contributed by atoms with Crippen molar-refractivity contribution in [2.24, 2.45) is 0 Å². The number of hydrogen-bond donors (Lipinski definition) is 1. The number of carbonyl (C=O) groups excluding carboxylic acids is 1. The molecular formula is C35H44FN3O2.